The number of hydrogen-bond donors (Lipinski definition) is 0. The maximum atomic E-state index is 13.0. The van der Waals surface area contributed by atoms with Crippen LogP contribution in [0.25, 0.3) is 0 Å². The number of nitrogens with zero attached hydrogens (tertiary/aromatic N) is 4. The number of rotatable bonds is 6. The lowest BCUT2D eigenvalue weighted by Crippen LogP contribution is -2.31. The highest BCUT2D eigenvalue weighted by molar-refractivity contribution is 5.94. The van der Waals surface area contributed by atoms with Gasteiger partial charge in [0.2, 0.25) is 0 Å². The van der Waals surface area contributed by atoms with E-state index in [2.05, 4.69) is 9.88 Å². The van der Waals surface area contributed by atoms with Crippen molar-refractivity contribution in [2.24, 2.45) is 0 Å². The highest BCUT2D eigenvalue weighted by Crippen LogP contribution is 2.31. The van der Waals surface area contributed by atoms with Crippen molar-refractivity contribution in [1.82, 2.24) is 19.8 Å². The number of carbonyl (C=O) groups is 1. The molecule has 0 N–H and O–H groups in total. The highest BCUT2D eigenvalue weighted by atomic mass is 16.5. The lowest BCUT2D eigenvalue weighted by atomic mass is 10.1. The first-order valence-corrected chi connectivity index (χ1v) is 8.94. The Hall–Kier alpha value is -2.31. The topological polar surface area (TPSA) is 58.6 Å². The summed E-state index contributed by atoms with van der Waals surface area (Å²) in [5.41, 5.74) is 2.73. The predicted octanol–water partition coefficient (Wildman–Crippen LogP) is 2.66. The Morgan fingerprint density at radius 2 is 2.04 bits per heavy atom. The van der Waals surface area contributed by atoms with Crippen LogP contribution in [0.3, 0.4) is 0 Å². The molecule has 26 heavy (non-hydrogen) atoms. The molecule has 1 saturated heterocycles. The van der Waals surface area contributed by atoms with E-state index in [0.717, 1.165) is 43.0 Å². The minimum atomic E-state index is -0.0525. The van der Waals surface area contributed by atoms with Crippen molar-refractivity contribution >= 4 is 5.91 Å². The van der Waals surface area contributed by atoms with E-state index in [0.29, 0.717) is 12.2 Å². The van der Waals surface area contributed by atoms with Crippen LogP contribution in [0.5, 0.6) is 0 Å². The largest absolute Gasteiger partial charge is 0.380 e. The molecule has 6 heteroatoms. The lowest BCUT2D eigenvalue weighted by Gasteiger charge is -2.24. The van der Waals surface area contributed by atoms with Crippen LogP contribution in [0.4, 0.5) is 0 Å². The number of methoxy groups -OCH3 is 1. The van der Waals surface area contributed by atoms with Gasteiger partial charge < -0.3 is 14.5 Å². The summed E-state index contributed by atoms with van der Waals surface area (Å²) in [5, 5.41) is 0. The zero-order valence-electron chi connectivity index (χ0n) is 15.7. The third kappa shape index (κ3) is 4.26. The van der Waals surface area contributed by atoms with Gasteiger partial charge in [0, 0.05) is 32.0 Å². The van der Waals surface area contributed by atoms with Crippen molar-refractivity contribution in [3.05, 3.63) is 59.2 Å². The molecule has 2 heterocycles. The van der Waals surface area contributed by atoms with Crippen LogP contribution in [-0.2, 0) is 17.9 Å². The van der Waals surface area contributed by atoms with Gasteiger partial charge in [0.15, 0.2) is 5.82 Å². The van der Waals surface area contributed by atoms with E-state index in [9.17, 15) is 4.79 Å². The molecule has 1 amide bonds. The van der Waals surface area contributed by atoms with Crippen molar-refractivity contribution in [1.29, 1.82) is 0 Å². The van der Waals surface area contributed by atoms with Crippen LogP contribution in [0.1, 0.15) is 46.3 Å². The molecule has 1 aliphatic rings. The van der Waals surface area contributed by atoms with Crippen molar-refractivity contribution in [3.63, 3.8) is 0 Å². The molecule has 0 aliphatic carbocycles. The molecule has 0 spiro atoms. The summed E-state index contributed by atoms with van der Waals surface area (Å²) < 4.78 is 5.13. The number of carbonyl (C=O) groups excluding carboxylic acids is 1. The number of amides is 1. The molecule has 0 radical (unpaired) electrons. The molecule has 2 aromatic rings. The second-order valence-corrected chi connectivity index (χ2v) is 6.93. The summed E-state index contributed by atoms with van der Waals surface area (Å²) in [7, 11) is 5.69. The summed E-state index contributed by atoms with van der Waals surface area (Å²) in [6.07, 6.45) is 3.67. The van der Waals surface area contributed by atoms with Gasteiger partial charge in [-0.15, -0.1) is 0 Å². The maximum absolute atomic E-state index is 13.0. The van der Waals surface area contributed by atoms with Gasteiger partial charge in [-0.25, -0.2) is 9.97 Å². The normalized spacial score (nSPS) is 17.1. The summed E-state index contributed by atoms with van der Waals surface area (Å²) in [6.45, 7) is 2.05. The molecule has 138 valence electrons. The molecule has 1 unspecified atom stereocenters. The maximum Gasteiger partial charge on any atom is 0.254 e. The van der Waals surface area contributed by atoms with Crippen LogP contribution >= 0.6 is 0 Å². The minimum absolute atomic E-state index is 0.0399. The van der Waals surface area contributed by atoms with E-state index in [1.807, 2.05) is 49.3 Å². The van der Waals surface area contributed by atoms with Gasteiger partial charge in [0.05, 0.1) is 18.3 Å². The second kappa shape index (κ2) is 8.38. The monoisotopic (exact) mass is 354 g/mol. The van der Waals surface area contributed by atoms with Crippen molar-refractivity contribution in [2.75, 3.05) is 27.7 Å². The minimum Gasteiger partial charge on any atom is -0.380 e. The van der Waals surface area contributed by atoms with Gasteiger partial charge >= 0.3 is 0 Å². The first-order chi connectivity index (χ1) is 12.6. The number of ether oxygens (including phenoxy) is 1. The molecule has 6 nitrogen and oxygen atoms in total. The van der Waals surface area contributed by atoms with E-state index in [4.69, 9.17) is 9.72 Å². The van der Waals surface area contributed by atoms with Gasteiger partial charge in [-0.05, 0) is 50.7 Å². The molecule has 1 atom stereocenters. The van der Waals surface area contributed by atoms with Crippen molar-refractivity contribution < 1.29 is 9.53 Å². The quantitative estimate of drug-likeness (QED) is 0.798. The fourth-order valence-electron chi connectivity index (χ4n) is 3.34. The SMILES string of the molecule is COCc1ccc(C(=O)N2CCCC2c2nccc(CN(C)C)n2)cc1. The average molecular weight is 354 g/mol. The van der Waals surface area contributed by atoms with Crippen LogP contribution in [0, 0.1) is 0 Å². The summed E-state index contributed by atoms with van der Waals surface area (Å²) in [4.78, 5) is 26.1. The average Bonchev–Trinajstić information content (AvgIpc) is 3.11. The zero-order valence-corrected chi connectivity index (χ0v) is 15.7. The van der Waals surface area contributed by atoms with Crippen LogP contribution < -0.4 is 0 Å². The molecular formula is C20H26N4O2. The van der Waals surface area contributed by atoms with E-state index >= 15 is 0 Å². The fraction of sp³-hybridized carbons (Fsp3) is 0.450. The fourth-order valence-corrected chi connectivity index (χ4v) is 3.34. The Labute approximate surface area is 154 Å². The summed E-state index contributed by atoms with van der Waals surface area (Å²) in [6, 6.07) is 9.50. The third-order valence-corrected chi connectivity index (χ3v) is 4.53. The molecule has 1 aromatic heterocycles. The summed E-state index contributed by atoms with van der Waals surface area (Å²) >= 11 is 0. The smallest absolute Gasteiger partial charge is 0.254 e. The van der Waals surface area contributed by atoms with Crippen LogP contribution in [0.15, 0.2) is 36.5 Å². The Balaban J connectivity index is 1.78. The van der Waals surface area contributed by atoms with Crippen molar-refractivity contribution in [3.8, 4) is 0 Å². The molecule has 0 bridgehead atoms. The van der Waals surface area contributed by atoms with Gasteiger partial charge in [-0.2, -0.15) is 0 Å². The first-order valence-electron chi connectivity index (χ1n) is 8.94. The Morgan fingerprint density at radius 3 is 2.73 bits per heavy atom. The summed E-state index contributed by atoms with van der Waals surface area (Å²) in [5.74, 6) is 0.782. The Kier molecular flexibility index (Phi) is 5.96. The first kappa shape index (κ1) is 18.5. The Morgan fingerprint density at radius 1 is 1.27 bits per heavy atom. The van der Waals surface area contributed by atoms with Crippen LogP contribution in [-0.4, -0.2) is 53.4 Å². The third-order valence-electron chi connectivity index (χ3n) is 4.53. The number of aromatic nitrogens is 2. The number of hydrogen-bond acceptors (Lipinski definition) is 5. The Bertz CT molecular complexity index is 746. The molecule has 1 aromatic carbocycles. The van der Waals surface area contributed by atoms with Gasteiger partial charge in [0.1, 0.15) is 0 Å². The molecular weight excluding hydrogens is 328 g/mol. The van der Waals surface area contributed by atoms with Crippen molar-refractivity contribution in [2.45, 2.75) is 32.0 Å². The highest BCUT2D eigenvalue weighted by Gasteiger charge is 2.32. The number of likely N-dealkylation sites (tertiary alicyclic amines) is 1. The molecule has 1 fully saturated rings. The standard InChI is InChI=1S/C20H26N4O2/c1-23(2)13-17-10-11-21-19(22-17)18-5-4-12-24(18)20(25)16-8-6-15(7-9-16)14-26-3/h6-11,18H,4-5,12-14H2,1-3H3. The molecule has 0 saturated carbocycles. The van der Waals surface area contributed by atoms with E-state index in [1.54, 1.807) is 13.3 Å². The predicted molar refractivity (Wildman–Crippen MR) is 99.6 cm³/mol. The number of benzene rings is 1. The van der Waals surface area contributed by atoms with E-state index in [1.165, 1.54) is 0 Å². The zero-order chi connectivity index (χ0) is 18.5. The van der Waals surface area contributed by atoms with Crippen LogP contribution in [0.2, 0.25) is 0 Å². The van der Waals surface area contributed by atoms with E-state index in [-0.39, 0.29) is 11.9 Å². The lowest BCUT2D eigenvalue weighted by molar-refractivity contribution is 0.0729. The second-order valence-electron chi connectivity index (χ2n) is 6.93. The van der Waals surface area contributed by atoms with Gasteiger partial charge in [-0.3, -0.25) is 4.79 Å². The van der Waals surface area contributed by atoms with Gasteiger partial charge in [0.25, 0.3) is 5.91 Å². The van der Waals surface area contributed by atoms with Gasteiger partial charge in [-0.1, -0.05) is 12.1 Å². The molecule has 3 rings (SSSR count). The van der Waals surface area contributed by atoms with E-state index < -0.39 is 0 Å². The molecule has 1 aliphatic heterocycles.